The van der Waals surface area contributed by atoms with E-state index in [1.807, 2.05) is 0 Å². The van der Waals surface area contributed by atoms with Gasteiger partial charge >= 0.3 is 11.9 Å². The molecule has 0 heterocycles. The molecule has 0 aliphatic rings. The normalized spacial score (nSPS) is 11.8. The van der Waals surface area contributed by atoms with Crippen molar-refractivity contribution in [3.8, 4) is 0 Å². The highest BCUT2D eigenvalue weighted by atomic mass is 19.3. The summed E-state index contributed by atoms with van der Waals surface area (Å²) in [6.07, 6.45) is 12.8. The molecular formula is C16H32F2O2. The fraction of sp³-hybridized carbons (Fsp3) is 0.938. The second-order valence-corrected chi connectivity index (χ2v) is 5.65. The Morgan fingerprint density at radius 1 is 0.850 bits per heavy atom. The Labute approximate surface area is 123 Å². The van der Waals surface area contributed by atoms with Gasteiger partial charge in [0.25, 0.3) is 0 Å². The molecule has 0 amide bonds. The number of carboxylic acids is 1. The van der Waals surface area contributed by atoms with Gasteiger partial charge < -0.3 is 5.11 Å². The van der Waals surface area contributed by atoms with Crippen molar-refractivity contribution in [1.29, 1.82) is 0 Å². The van der Waals surface area contributed by atoms with Crippen LogP contribution < -0.4 is 0 Å². The molecule has 0 spiro atoms. The quantitative estimate of drug-likeness (QED) is 0.396. The third-order valence-electron chi connectivity index (χ3n) is 3.66. The summed E-state index contributed by atoms with van der Waals surface area (Å²) in [5, 5.41) is 8.27. The first-order valence-electron chi connectivity index (χ1n) is 8.12. The maximum atomic E-state index is 12.8. The monoisotopic (exact) mass is 294 g/mol. The number of halogens is 2. The van der Waals surface area contributed by atoms with E-state index in [1.54, 1.807) is 0 Å². The molecule has 4 heteroatoms. The van der Waals surface area contributed by atoms with Gasteiger partial charge in [0, 0.05) is 7.85 Å². The van der Waals surface area contributed by atoms with E-state index in [9.17, 15) is 13.6 Å². The van der Waals surface area contributed by atoms with Gasteiger partial charge in [-0.3, -0.25) is 0 Å². The van der Waals surface area contributed by atoms with Gasteiger partial charge in [-0.15, -0.1) is 0 Å². The van der Waals surface area contributed by atoms with Crippen LogP contribution in [0.25, 0.3) is 0 Å². The van der Waals surface area contributed by atoms with Gasteiger partial charge in [-0.05, 0) is 6.42 Å². The molecule has 0 aromatic carbocycles. The van der Waals surface area contributed by atoms with E-state index in [4.69, 9.17) is 5.11 Å². The van der Waals surface area contributed by atoms with E-state index in [1.165, 1.54) is 51.4 Å². The van der Waals surface area contributed by atoms with Crippen LogP contribution in [0.3, 0.4) is 0 Å². The summed E-state index contributed by atoms with van der Waals surface area (Å²) in [7, 11) is 0. The Bertz CT molecular complexity index is 248. The van der Waals surface area contributed by atoms with E-state index in [-0.39, 0.29) is 1.43 Å². The predicted molar refractivity (Wildman–Crippen MR) is 80.4 cm³/mol. The van der Waals surface area contributed by atoms with Crippen molar-refractivity contribution in [3.63, 3.8) is 0 Å². The van der Waals surface area contributed by atoms with E-state index in [2.05, 4.69) is 6.92 Å². The molecule has 20 heavy (non-hydrogen) atoms. The zero-order valence-electron chi connectivity index (χ0n) is 12.8. The first kappa shape index (κ1) is 19.3. The summed E-state index contributed by atoms with van der Waals surface area (Å²) in [6.45, 7) is 2.21. The van der Waals surface area contributed by atoms with Gasteiger partial charge in [-0.25, -0.2) is 4.79 Å². The van der Waals surface area contributed by atoms with Crippen LogP contribution in [0.2, 0.25) is 0 Å². The molecule has 0 saturated heterocycles. The smallest absolute Gasteiger partial charge is 0.374 e. The summed E-state index contributed by atoms with van der Waals surface area (Å²) in [6, 6.07) is 0. The summed E-state index contributed by atoms with van der Waals surface area (Å²) in [4.78, 5) is 10.2. The maximum absolute atomic E-state index is 12.8. The molecule has 0 rings (SSSR count). The molecule has 2 nitrogen and oxygen atoms in total. The molecule has 1 N–H and O–H groups in total. The van der Waals surface area contributed by atoms with Gasteiger partial charge in [-0.1, -0.05) is 77.6 Å². The number of carboxylic acid groups (broad SMARTS) is 1. The van der Waals surface area contributed by atoms with Crippen LogP contribution in [0.15, 0.2) is 0 Å². The van der Waals surface area contributed by atoms with Gasteiger partial charge in [0.2, 0.25) is 0 Å². The minimum Gasteiger partial charge on any atom is -0.477 e. The average Bonchev–Trinajstić information content (AvgIpc) is 2.39. The fourth-order valence-corrected chi connectivity index (χ4v) is 2.29. The number of hydrogen-bond donors (Lipinski definition) is 1. The van der Waals surface area contributed by atoms with Crippen LogP contribution in [0, 0.1) is 0 Å². The van der Waals surface area contributed by atoms with Crippen molar-refractivity contribution in [2.45, 2.75) is 96.3 Å². The molecule has 0 aromatic rings. The molecule has 122 valence electrons. The summed E-state index contributed by atoms with van der Waals surface area (Å²) in [5.74, 6) is -5.54. The second-order valence-electron chi connectivity index (χ2n) is 5.65. The number of hydrogen-bond acceptors (Lipinski definition) is 1. The van der Waals surface area contributed by atoms with E-state index in [0.717, 1.165) is 12.8 Å². The lowest BCUT2D eigenvalue weighted by atomic mass is 10.0. The third-order valence-corrected chi connectivity index (χ3v) is 3.66. The Balaban J connectivity index is 0. The summed E-state index contributed by atoms with van der Waals surface area (Å²) < 4.78 is 25.5. The SMILES string of the molecule is CCCCCCCCCCCCCCC(F)(F)C(=O)O.[HH]. The summed E-state index contributed by atoms with van der Waals surface area (Å²) in [5.41, 5.74) is 0. The van der Waals surface area contributed by atoms with Crippen molar-refractivity contribution in [2.75, 3.05) is 0 Å². The molecule has 0 saturated carbocycles. The van der Waals surface area contributed by atoms with Gasteiger partial charge in [0.05, 0.1) is 0 Å². The highest BCUT2D eigenvalue weighted by Crippen LogP contribution is 2.22. The molecule has 0 aromatic heterocycles. The van der Waals surface area contributed by atoms with Crippen LogP contribution in [0.5, 0.6) is 0 Å². The topological polar surface area (TPSA) is 37.3 Å². The Morgan fingerprint density at radius 2 is 1.20 bits per heavy atom. The number of alkyl halides is 2. The lowest BCUT2D eigenvalue weighted by Crippen LogP contribution is -2.27. The first-order valence-corrected chi connectivity index (χ1v) is 8.12. The van der Waals surface area contributed by atoms with Gasteiger partial charge in [-0.2, -0.15) is 8.78 Å². The zero-order chi connectivity index (χ0) is 15.3. The minimum atomic E-state index is -3.54. The zero-order valence-corrected chi connectivity index (χ0v) is 12.8. The summed E-state index contributed by atoms with van der Waals surface area (Å²) >= 11 is 0. The number of rotatable bonds is 14. The van der Waals surface area contributed by atoms with E-state index >= 15 is 0 Å². The average molecular weight is 294 g/mol. The molecule has 0 unspecified atom stereocenters. The third kappa shape index (κ3) is 11.2. The molecule has 0 atom stereocenters. The van der Waals surface area contributed by atoms with Crippen LogP contribution in [-0.4, -0.2) is 17.0 Å². The van der Waals surface area contributed by atoms with Crippen LogP contribution >= 0.6 is 0 Å². The molecule has 0 aliphatic carbocycles. The van der Waals surface area contributed by atoms with Crippen molar-refractivity contribution in [3.05, 3.63) is 0 Å². The van der Waals surface area contributed by atoms with Crippen LogP contribution in [0.4, 0.5) is 8.78 Å². The lowest BCUT2D eigenvalue weighted by Gasteiger charge is -2.10. The van der Waals surface area contributed by atoms with Gasteiger partial charge in [0.15, 0.2) is 0 Å². The van der Waals surface area contributed by atoms with Crippen molar-refractivity contribution >= 4 is 5.97 Å². The highest BCUT2D eigenvalue weighted by Gasteiger charge is 2.37. The molecule has 0 aliphatic heterocycles. The van der Waals surface area contributed by atoms with Gasteiger partial charge in [0.1, 0.15) is 0 Å². The lowest BCUT2D eigenvalue weighted by molar-refractivity contribution is -0.165. The van der Waals surface area contributed by atoms with Crippen molar-refractivity contribution < 1.29 is 20.1 Å². The number of carbonyl (C=O) groups is 1. The Hall–Kier alpha value is -0.670. The Kier molecular flexibility index (Phi) is 11.7. The molecule has 0 fully saturated rings. The number of unbranched alkanes of at least 4 members (excludes halogenated alkanes) is 11. The minimum absolute atomic E-state index is 0. The maximum Gasteiger partial charge on any atom is 0.374 e. The number of aliphatic carboxylic acids is 1. The van der Waals surface area contributed by atoms with Crippen molar-refractivity contribution in [1.82, 2.24) is 0 Å². The van der Waals surface area contributed by atoms with Crippen LogP contribution in [0.1, 0.15) is 91.8 Å². The second kappa shape index (κ2) is 12.1. The van der Waals surface area contributed by atoms with E-state index < -0.39 is 18.3 Å². The largest absolute Gasteiger partial charge is 0.477 e. The fourth-order valence-electron chi connectivity index (χ4n) is 2.29. The Morgan fingerprint density at radius 3 is 1.55 bits per heavy atom. The molecular weight excluding hydrogens is 262 g/mol. The van der Waals surface area contributed by atoms with Crippen LogP contribution in [-0.2, 0) is 4.79 Å². The predicted octanol–water partition coefficient (Wildman–Crippen LogP) is 6.04. The first-order chi connectivity index (χ1) is 9.50. The van der Waals surface area contributed by atoms with E-state index in [0.29, 0.717) is 12.8 Å². The molecule has 0 bridgehead atoms. The molecule has 0 radical (unpaired) electrons. The standard InChI is InChI=1S/C16H30F2O2.H2/c1-2-3-4-5-6-7-8-9-10-11-12-13-14-16(17,18)15(19)20;/h2-14H2,1H3,(H,19,20);1H. The van der Waals surface area contributed by atoms with Crippen molar-refractivity contribution in [2.24, 2.45) is 0 Å². The highest BCUT2D eigenvalue weighted by molar-refractivity contribution is 5.75.